The van der Waals surface area contributed by atoms with Gasteiger partial charge in [-0.2, -0.15) is 0 Å². The Morgan fingerprint density at radius 2 is 1.40 bits per heavy atom. The molecule has 18 nitrogen and oxygen atoms in total. The molecule has 1 amide bonds. The number of aliphatic hydroxyl groups is 2. The van der Waals surface area contributed by atoms with Crippen LogP contribution in [0.5, 0.6) is 5.75 Å². The maximum absolute atomic E-state index is 16.2. The summed E-state index contributed by atoms with van der Waals surface area (Å²) >= 11 is 17.7. The molecule has 11 atom stereocenters. The molecule has 1 heterocycles. The number of esters is 4. The summed E-state index contributed by atoms with van der Waals surface area (Å²) in [5.74, 6) is -7.17. The number of benzene rings is 4. The Morgan fingerprint density at radius 1 is 0.795 bits per heavy atom. The molecule has 3 fully saturated rings. The van der Waals surface area contributed by atoms with Crippen LogP contribution in [0.3, 0.4) is 0 Å². The molecule has 0 spiro atoms. The number of nitrogens with one attached hydrogen (secondary N) is 1. The van der Waals surface area contributed by atoms with Crippen LogP contribution in [0.25, 0.3) is 0 Å². The van der Waals surface area contributed by atoms with Crippen LogP contribution >= 0.6 is 34.8 Å². The highest BCUT2D eigenvalue weighted by molar-refractivity contribution is 6.67. The van der Waals surface area contributed by atoms with E-state index in [4.69, 9.17) is 72.7 Å². The number of ketones is 1. The Morgan fingerprint density at radius 3 is 1.96 bits per heavy atom. The Bertz CT molecular complexity index is 2950. The molecule has 21 heteroatoms. The van der Waals surface area contributed by atoms with Crippen LogP contribution in [-0.4, -0.2) is 117 Å². The van der Waals surface area contributed by atoms with Gasteiger partial charge in [0.15, 0.2) is 23.6 Å². The summed E-state index contributed by atoms with van der Waals surface area (Å²) in [6.45, 7) is 6.96. The second-order valence-corrected chi connectivity index (χ2v) is 23.0. The van der Waals surface area contributed by atoms with Gasteiger partial charge in [-0.15, -0.1) is 0 Å². The van der Waals surface area contributed by atoms with Gasteiger partial charge in [0.1, 0.15) is 49.0 Å². The number of Topliss-reactive ketones (excluding diaryl/α,β-unsaturated/α-hetero) is 1. The predicted octanol–water partition coefficient (Wildman–Crippen LogP) is 7.85. The van der Waals surface area contributed by atoms with Crippen LogP contribution in [-0.2, 0) is 58.9 Å². The molecule has 0 unspecified atom stereocenters. The van der Waals surface area contributed by atoms with Crippen LogP contribution < -0.4 is 10.1 Å². The van der Waals surface area contributed by atoms with Gasteiger partial charge < -0.3 is 53.4 Å². The molecule has 0 radical (unpaired) electrons. The number of carbonyl (C=O) groups excluding carboxylic acids is 7. The van der Waals surface area contributed by atoms with Crippen molar-refractivity contribution in [1.29, 1.82) is 0 Å². The van der Waals surface area contributed by atoms with Gasteiger partial charge in [0, 0.05) is 37.7 Å². The third-order valence-corrected chi connectivity index (χ3v) is 15.7. The van der Waals surface area contributed by atoms with Crippen molar-refractivity contribution in [2.75, 3.05) is 13.2 Å². The van der Waals surface area contributed by atoms with Crippen molar-refractivity contribution in [1.82, 2.24) is 5.32 Å². The first-order chi connectivity index (χ1) is 36.8. The number of fused-ring (bicyclic) bond motifs is 5. The van der Waals surface area contributed by atoms with E-state index in [0.29, 0.717) is 5.75 Å². The van der Waals surface area contributed by atoms with Gasteiger partial charge >= 0.3 is 30.0 Å². The maximum Gasteiger partial charge on any atom is 0.508 e. The molecular weight excluding hydrogens is 1080 g/mol. The fourth-order valence-corrected chi connectivity index (χ4v) is 11.6. The number of ether oxygens (including phenoxy) is 8. The number of alkyl halides is 3. The Kier molecular flexibility index (Phi) is 16.7. The summed E-state index contributed by atoms with van der Waals surface area (Å²) in [7, 11) is 0. The van der Waals surface area contributed by atoms with Gasteiger partial charge in [-0.1, -0.05) is 128 Å². The Balaban J connectivity index is 1.25. The van der Waals surface area contributed by atoms with Crippen molar-refractivity contribution >= 4 is 76.5 Å². The van der Waals surface area contributed by atoms with Gasteiger partial charge in [0.25, 0.3) is 5.91 Å². The fourth-order valence-electron chi connectivity index (χ4n) is 11.5. The van der Waals surface area contributed by atoms with E-state index < -0.39 is 136 Å². The molecule has 1 aliphatic heterocycles. The van der Waals surface area contributed by atoms with Gasteiger partial charge in [0.2, 0.25) is 3.79 Å². The second kappa shape index (κ2) is 22.7. The van der Waals surface area contributed by atoms with Crippen molar-refractivity contribution in [2.24, 2.45) is 16.7 Å². The van der Waals surface area contributed by atoms with Crippen LogP contribution in [0.1, 0.15) is 92.3 Å². The smallest absolute Gasteiger partial charge is 0.489 e. The van der Waals surface area contributed by atoms with E-state index in [1.54, 1.807) is 60.7 Å². The zero-order valence-electron chi connectivity index (χ0n) is 43.3. The summed E-state index contributed by atoms with van der Waals surface area (Å²) < 4.78 is 45.9. The van der Waals surface area contributed by atoms with Gasteiger partial charge in [-0.05, 0) is 72.5 Å². The van der Waals surface area contributed by atoms with Crippen molar-refractivity contribution in [3.8, 4) is 5.75 Å². The van der Waals surface area contributed by atoms with E-state index in [2.05, 4.69) is 5.32 Å². The molecule has 4 aromatic rings. The molecule has 8 rings (SSSR count). The molecule has 3 N–H and O–H groups in total. The number of hydrogen-bond donors (Lipinski definition) is 3. The first-order valence-electron chi connectivity index (χ1n) is 24.9. The van der Waals surface area contributed by atoms with Crippen LogP contribution in [0.4, 0.5) is 4.79 Å². The molecular formula is C57H58Cl3NO17. The van der Waals surface area contributed by atoms with Gasteiger partial charge in [0.05, 0.1) is 29.5 Å². The molecule has 1 saturated heterocycles. The van der Waals surface area contributed by atoms with Crippen molar-refractivity contribution in [2.45, 2.75) is 119 Å². The summed E-state index contributed by atoms with van der Waals surface area (Å²) in [4.78, 5) is 99.8. The third kappa shape index (κ3) is 11.3. The van der Waals surface area contributed by atoms with Crippen LogP contribution in [0, 0.1) is 16.7 Å². The monoisotopic (exact) mass is 1130 g/mol. The Hall–Kier alpha value is -6.54. The summed E-state index contributed by atoms with van der Waals surface area (Å²) in [6.07, 6.45) is -13.1. The fraction of sp³-hybridized carbons (Fsp3) is 0.421. The highest BCUT2D eigenvalue weighted by Crippen LogP contribution is 2.65. The predicted molar refractivity (Wildman–Crippen MR) is 279 cm³/mol. The largest absolute Gasteiger partial charge is 0.508 e. The topological polar surface area (TPSA) is 246 Å². The number of amides is 1. The molecule has 3 aliphatic carbocycles. The van der Waals surface area contributed by atoms with Crippen LogP contribution in [0.2, 0.25) is 0 Å². The van der Waals surface area contributed by atoms with Crippen molar-refractivity contribution in [3.05, 3.63) is 149 Å². The second-order valence-electron chi connectivity index (χ2n) is 20.5. The van der Waals surface area contributed by atoms with E-state index in [1.807, 2.05) is 30.3 Å². The molecule has 2 saturated carbocycles. The first kappa shape index (κ1) is 57.6. The van der Waals surface area contributed by atoms with E-state index >= 15 is 4.79 Å². The van der Waals surface area contributed by atoms with E-state index in [9.17, 15) is 39.0 Å². The summed E-state index contributed by atoms with van der Waals surface area (Å²) in [5.41, 5.74) is -7.30. The Labute approximate surface area is 464 Å². The minimum absolute atomic E-state index is 0.0122. The summed E-state index contributed by atoms with van der Waals surface area (Å²) in [6, 6.07) is 29.9. The highest BCUT2D eigenvalue weighted by atomic mass is 35.6. The van der Waals surface area contributed by atoms with Crippen LogP contribution in [0.15, 0.2) is 126 Å². The molecule has 4 aromatic carbocycles. The van der Waals surface area contributed by atoms with Gasteiger partial charge in [-0.25, -0.2) is 14.4 Å². The maximum atomic E-state index is 16.2. The number of hydrogen-bond acceptors (Lipinski definition) is 17. The van der Waals surface area contributed by atoms with E-state index in [0.717, 1.165) is 19.4 Å². The molecule has 78 heavy (non-hydrogen) atoms. The molecule has 4 aliphatic rings. The number of rotatable bonds is 15. The normalized spacial score (nSPS) is 27.8. The lowest BCUT2D eigenvalue weighted by molar-refractivity contribution is -0.346. The van der Waals surface area contributed by atoms with Gasteiger partial charge in [-0.3, -0.25) is 19.2 Å². The number of halogens is 3. The average molecular weight is 1140 g/mol. The number of aliphatic hydroxyl groups excluding tert-OH is 1. The minimum Gasteiger partial charge on any atom is -0.489 e. The zero-order valence-corrected chi connectivity index (χ0v) is 45.5. The standard InChI is InChI=1S/C57H58Cl3NO17/c1-31-39(75-51(68)44(64)43(61-49(66)36-18-12-8-13-19-36)35-22-24-38(25-23-35)71-28-34-16-10-7-11-17-34)27-56(70)48(77-50(67)37-20-14-9-15-21-37)46-54(6,47(65)45(74-32(2)62)42(31)53(56,4)5)40(76-52(69)73-30-57(58,59)60)26-41-55(46,29-72-41)78-33(3)63/h7-25,39-41,43-46,48,64,70H,26-30H2,1-6H3,(H,61,66)/t39-,40-,41+,43-,44+,45+,46-,48-,54+,55-,56+/m0/s1. The molecule has 414 valence electrons. The third-order valence-electron chi connectivity index (χ3n) is 15.4. The number of carbonyl (C=O) groups is 7. The molecule has 0 aromatic heterocycles. The minimum atomic E-state index is -2.56. The average Bonchev–Trinajstić information content (AvgIpc) is 1.72. The lowest BCUT2D eigenvalue weighted by Gasteiger charge is -2.67. The lowest BCUT2D eigenvalue weighted by Crippen LogP contribution is -2.82. The highest BCUT2D eigenvalue weighted by Gasteiger charge is 2.79. The SMILES string of the molecule is CC(=O)O[C@H]1C(=O)[C@]2(C)[C@@H](OC(=O)OCC(Cl)(Cl)Cl)C[C@H]3OC[C@@]3(OC(C)=O)[C@H]2[C@H](OC(=O)c2ccccc2)[C@]2(O)C[C@H](OC(=O)[C@H](O)[C@@H](NC(=O)c3ccccc3)c3ccc(OCc4ccccc4)cc3)C(C)=C1C2(C)C. The lowest BCUT2D eigenvalue weighted by atomic mass is 9.44. The summed E-state index contributed by atoms with van der Waals surface area (Å²) in [5, 5.41) is 29.0. The van der Waals surface area contributed by atoms with Crippen molar-refractivity contribution in [3.63, 3.8) is 0 Å². The van der Waals surface area contributed by atoms with Crippen molar-refractivity contribution < 1.29 is 81.7 Å². The van der Waals surface area contributed by atoms with E-state index in [-0.39, 0.29) is 40.9 Å². The first-order valence-corrected chi connectivity index (χ1v) is 26.1. The molecule has 2 bridgehead atoms. The zero-order chi connectivity index (χ0) is 56.5. The quantitative estimate of drug-likeness (QED) is 0.0444. The van der Waals surface area contributed by atoms with E-state index in [1.165, 1.54) is 52.0 Å².